The van der Waals surface area contributed by atoms with Crippen LogP contribution in [0.1, 0.15) is 31.6 Å². The number of carbonyl (C=O) groups excluding carboxylic acids is 1. The SMILES string of the molecule is CC(Sc1nnc(CN)n1C1CC1)C(=O)N(C)C. The van der Waals surface area contributed by atoms with Gasteiger partial charge < -0.3 is 15.2 Å². The van der Waals surface area contributed by atoms with E-state index < -0.39 is 0 Å². The number of rotatable bonds is 5. The third-order valence-corrected chi connectivity index (χ3v) is 3.94. The number of aromatic nitrogens is 3. The first-order valence-electron chi connectivity index (χ1n) is 6.06. The van der Waals surface area contributed by atoms with E-state index >= 15 is 0 Å². The fraction of sp³-hybridized carbons (Fsp3) is 0.727. The van der Waals surface area contributed by atoms with Crippen LogP contribution in [0.15, 0.2) is 5.16 Å². The van der Waals surface area contributed by atoms with E-state index in [1.165, 1.54) is 11.8 Å². The summed E-state index contributed by atoms with van der Waals surface area (Å²) in [4.78, 5) is 13.4. The van der Waals surface area contributed by atoms with Gasteiger partial charge in [-0.05, 0) is 19.8 Å². The molecule has 1 aromatic rings. The van der Waals surface area contributed by atoms with E-state index in [1.54, 1.807) is 19.0 Å². The lowest BCUT2D eigenvalue weighted by molar-refractivity contribution is -0.127. The zero-order valence-electron chi connectivity index (χ0n) is 11.0. The highest BCUT2D eigenvalue weighted by molar-refractivity contribution is 8.00. The average Bonchev–Trinajstić information content (AvgIpc) is 3.10. The van der Waals surface area contributed by atoms with Crippen LogP contribution in [0.5, 0.6) is 0 Å². The lowest BCUT2D eigenvalue weighted by Gasteiger charge is -2.16. The second-order valence-corrected chi connectivity index (χ2v) is 6.00. The van der Waals surface area contributed by atoms with Gasteiger partial charge in [-0.25, -0.2) is 0 Å². The van der Waals surface area contributed by atoms with E-state index in [1.807, 2.05) is 6.92 Å². The Morgan fingerprint density at radius 1 is 1.56 bits per heavy atom. The minimum Gasteiger partial charge on any atom is -0.348 e. The molecule has 0 spiro atoms. The second kappa shape index (κ2) is 5.27. The first kappa shape index (κ1) is 13.4. The second-order valence-electron chi connectivity index (χ2n) is 4.70. The van der Waals surface area contributed by atoms with Gasteiger partial charge in [0.2, 0.25) is 5.91 Å². The van der Waals surface area contributed by atoms with Crippen molar-refractivity contribution in [3.05, 3.63) is 5.82 Å². The van der Waals surface area contributed by atoms with Crippen molar-refractivity contribution in [1.29, 1.82) is 0 Å². The van der Waals surface area contributed by atoms with Gasteiger partial charge in [-0.3, -0.25) is 4.79 Å². The summed E-state index contributed by atoms with van der Waals surface area (Å²) in [5, 5.41) is 8.90. The predicted octanol–water partition coefficient (Wildman–Crippen LogP) is 0.640. The highest BCUT2D eigenvalue weighted by atomic mass is 32.2. The molecule has 0 bridgehead atoms. The molecule has 1 aliphatic rings. The molecule has 0 aliphatic heterocycles. The van der Waals surface area contributed by atoms with Crippen LogP contribution in [0.4, 0.5) is 0 Å². The molecule has 0 radical (unpaired) electrons. The van der Waals surface area contributed by atoms with E-state index in [9.17, 15) is 4.79 Å². The zero-order chi connectivity index (χ0) is 13.3. The smallest absolute Gasteiger partial charge is 0.235 e. The van der Waals surface area contributed by atoms with Crippen molar-refractivity contribution in [2.75, 3.05) is 14.1 Å². The minimum absolute atomic E-state index is 0.0830. The van der Waals surface area contributed by atoms with Crippen LogP contribution < -0.4 is 5.73 Å². The summed E-state index contributed by atoms with van der Waals surface area (Å²) in [6.45, 7) is 2.28. The number of nitrogens with zero attached hydrogens (tertiary/aromatic N) is 4. The Morgan fingerprint density at radius 3 is 2.72 bits per heavy atom. The quantitative estimate of drug-likeness (QED) is 0.794. The molecule has 1 heterocycles. The van der Waals surface area contributed by atoms with Crippen LogP contribution in [0.25, 0.3) is 0 Å². The normalized spacial score (nSPS) is 16.7. The van der Waals surface area contributed by atoms with Crippen LogP contribution in [-0.4, -0.2) is 44.9 Å². The summed E-state index contributed by atoms with van der Waals surface area (Å²) in [6, 6.07) is 0.475. The van der Waals surface area contributed by atoms with Crippen LogP contribution in [-0.2, 0) is 11.3 Å². The number of hydrogen-bond donors (Lipinski definition) is 1. The first-order valence-corrected chi connectivity index (χ1v) is 6.94. The van der Waals surface area contributed by atoms with Gasteiger partial charge in [0.05, 0.1) is 11.8 Å². The molecule has 1 unspecified atom stereocenters. The van der Waals surface area contributed by atoms with E-state index in [-0.39, 0.29) is 11.2 Å². The maximum atomic E-state index is 11.8. The average molecular weight is 269 g/mol. The van der Waals surface area contributed by atoms with E-state index in [0.29, 0.717) is 12.6 Å². The third kappa shape index (κ3) is 2.67. The van der Waals surface area contributed by atoms with E-state index in [0.717, 1.165) is 23.8 Å². The van der Waals surface area contributed by atoms with E-state index in [2.05, 4.69) is 14.8 Å². The van der Waals surface area contributed by atoms with Crippen molar-refractivity contribution in [1.82, 2.24) is 19.7 Å². The molecular weight excluding hydrogens is 250 g/mol. The van der Waals surface area contributed by atoms with Gasteiger partial charge in [0.25, 0.3) is 0 Å². The lowest BCUT2D eigenvalue weighted by atomic mass is 10.4. The molecule has 0 aromatic carbocycles. The van der Waals surface area contributed by atoms with Gasteiger partial charge in [0.15, 0.2) is 5.16 Å². The third-order valence-electron chi connectivity index (χ3n) is 2.90. The molecule has 1 aromatic heterocycles. The summed E-state index contributed by atoms with van der Waals surface area (Å²) in [5.74, 6) is 0.893. The van der Waals surface area contributed by atoms with Crippen LogP contribution in [0, 0.1) is 0 Å². The van der Waals surface area contributed by atoms with Gasteiger partial charge >= 0.3 is 0 Å². The summed E-state index contributed by atoms with van der Waals surface area (Å²) < 4.78 is 2.09. The largest absolute Gasteiger partial charge is 0.348 e. The monoisotopic (exact) mass is 269 g/mol. The molecule has 1 atom stereocenters. The maximum absolute atomic E-state index is 11.8. The van der Waals surface area contributed by atoms with Gasteiger partial charge in [0.1, 0.15) is 5.82 Å². The Morgan fingerprint density at radius 2 is 2.22 bits per heavy atom. The van der Waals surface area contributed by atoms with Gasteiger partial charge in [-0.1, -0.05) is 11.8 Å². The van der Waals surface area contributed by atoms with Crippen molar-refractivity contribution in [3.8, 4) is 0 Å². The zero-order valence-corrected chi connectivity index (χ0v) is 11.8. The molecule has 2 N–H and O–H groups in total. The van der Waals surface area contributed by atoms with Gasteiger partial charge in [0, 0.05) is 20.1 Å². The summed E-state index contributed by atoms with van der Waals surface area (Å²) in [5.41, 5.74) is 5.66. The number of nitrogens with two attached hydrogens (primary N) is 1. The molecule has 1 aliphatic carbocycles. The van der Waals surface area contributed by atoms with Crippen molar-refractivity contribution in [2.24, 2.45) is 5.73 Å². The molecule has 0 saturated heterocycles. The lowest BCUT2D eigenvalue weighted by Crippen LogP contribution is -2.29. The number of amides is 1. The molecule has 2 rings (SSSR count). The Labute approximate surface area is 111 Å². The maximum Gasteiger partial charge on any atom is 0.235 e. The topological polar surface area (TPSA) is 77.0 Å². The van der Waals surface area contributed by atoms with Crippen LogP contribution >= 0.6 is 11.8 Å². The van der Waals surface area contributed by atoms with Gasteiger partial charge in [-0.2, -0.15) is 0 Å². The Hall–Kier alpha value is -1.08. The highest BCUT2D eigenvalue weighted by Crippen LogP contribution is 2.39. The van der Waals surface area contributed by atoms with Crippen molar-refractivity contribution >= 4 is 17.7 Å². The Bertz CT molecular complexity index is 441. The molecular formula is C11H19N5OS. The molecule has 6 nitrogen and oxygen atoms in total. The molecule has 1 saturated carbocycles. The predicted molar refractivity (Wildman–Crippen MR) is 70.2 cm³/mol. The molecule has 1 amide bonds. The number of carbonyl (C=O) groups is 1. The first-order chi connectivity index (χ1) is 8.54. The highest BCUT2D eigenvalue weighted by Gasteiger charge is 2.30. The summed E-state index contributed by atoms with van der Waals surface area (Å²) in [6.07, 6.45) is 2.29. The van der Waals surface area contributed by atoms with Crippen molar-refractivity contribution in [3.63, 3.8) is 0 Å². The molecule has 18 heavy (non-hydrogen) atoms. The summed E-state index contributed by atoms with van der Waals surface area (Å²) in [7, 11) is 3.52. The minimum atomic E-state index is -0.160. The van der Waals surface area contributed by atoms with Crippen LogP contribution in [0.3, 0.4) is 0 Å². The summed E-state index contributed by atoms with van der Waals surface area (Å²) >= 11 is 1.45. The fourth-order valence-corrected chi connectivity index (χ4v) is 2.88. The van der Waals surface area contributed by atoms with Gasteiger partial charge in [-0.15, -0.1) is 10.2 Å². The molecule has 100 valence electrons. The van der Waals surface area contributed by atoms with Crippen LogP contribution in [0.2, 0.25) is 0 Å². The fourth-order valence-electron chi connectivity index (χ4n) is 1.80. The van der Waals surface area contributed by atoms with Crippen molar-refractivity contribution < 1.29 is 4.79 Å². The Kier molecular flexibility index (Phi) is 3.91. The van der Waals surface area contributed by atoms with Crippen molar-refractivity contribution in [2.45, 2.75) is 42.8 Å². The Balaban J connectivity index is 2.14. The number of hydrogen-bond acceptors (Lipinski definition) is 5. The number of thioether (sulfide) groups is 1. The molecule has 7 heteroatoms. The molecule has 1 fully saturated rings. The standard InChI is InChI=1S/C11H19N5OS/c1-7(10(17)15(2)3)18-11-14-13-9(6-12)16(11)8-4-5-8/h7-8H,4-6,12H2,1-3H3. The van der Waals surface area contributed by atoms with E-state index in [4.69, 9.17) is 5.73 Å².